The Morgan fingerprint density at radius 3 is 2.47 bits per heavy atom. The number of methoxy groups -OCH3 is 1. The molecular weight excluding hydrogens is 308 g/mol. The van der Waals surface area contributed by atoms with Crippen molar-refractivity contribution in [2.45, 2.75) is 5.01 Å². The zero-order valence-electron chi connectivity index (χ0n) is 10.4. The third-order valence-electron chi connectivity index (χ3n) is 2.62. The third-order valence-corrected chi connectivity index (χ3v) is 3.33. The van der Waals surface area contributed by atoms with Crippen LogP contribution in [0.25, 0.3) is 0 Å². The molecule has 0 aliphatic carbocycles. The van der Waals surface area contributed by atoms with Crippen molar-refractivity contribution in [1.29, 1.82) is 0 Å². The van der Waals surface area contributed by atoms with Crippen LogP contribution in [-0.2, 0) is 0 Å². The molecule has 2 rings (SSSR count). The van der Waals surface area contributed by atoms with Crippen molar-refractivity contribution in [2.24, 2.45) is 0 Å². The second-order valence-corrected chi connectivity index (χ2v) is 4.70. The van der Waals surface area contributed by atoms with Gasteiger partial charge in [0, 0.05) is 11.1 Å². The number of hydrogen-bond donors (Lipinski definition) is 0. The van der Waals surface area contributed by atoms with Crippen molar-refractivity contribution in [1.82, 2.24) is 0 Å². The van der Waals surface area contributed by atoms with E-state index < -0.39 is 0 Å². The molecule has 0 bridgehead atoms. The Morgan fingerprint density at radius 2 is 1.84 bits per heavy atom. The summed E-state index contributed by atoms with van der Waals surface area (Å²) in [5.41, 5.74) is 1.53. The van der Waals surface area contributed by atoms with Gasteiger partial charge in [-0.3, -0.25) is 4.79 Å². The van der Waals surface area contributed by atoms with Crippen LogP contribution in [0.1, 0.15) is 20.9 Å². The molecule has 0 fully saturated rings. The van der Waals surface area contributed by atoms with Crippen LogP contribution >= 0.6 is 15.9 Å². The number of alkyl halides is 1. The standard InChI is InChI=1S/C15H13BrO3/c1-18-13-8-7-11(10-17)9-14(13)19-15(16)12-5-3-2-4-6-12/h2-10,15H,1H3. The summed E-state index contributed by atoms with van der Waals surface area (Å²) in [4.78, 5) is 10.8. The van der Waals surface area contributed by atoms with Gasteiger partial charge in [0.15, 0.2) is 16.5 Å². The fourth-order valence-corrected chi connectivity index (χ4v) is 2.15. The van der Waals surface area contributed by atoms with Crippen LogP contribution in [0.2, 0.25) is 0 Å². The summed E-state index contributed by atoms with van der Waals surface area (Å²) in [6, 6.07) is 14.8. The maximum Gasteiger partial charge on any atom is 0.178 e. The minimum atomic E-state index is -0.301. The van der Waals surface area contributed by atoms with Crippen LogP contribution in [0.3, 0.4) is 0 Å². The molecule has 0 saturated carbocycles. The molecular formula is C15H13BrO3. The zero-order chi connectivity index (χ0) is 13.7. The lowest BCUT2D eigenvalue weighted by Crippen LogP contribution is -2.01. The first-order valence-electron chi connectivity index (χ1n) is 5.73. The second-order valence-electron chi connectivity index (χ2n) is 3.87. The lowest BCUT2D eigenvalue weighted by molar-refractivity contribution is 0.112. The molecule has 0 aromatic heterocycles. The number of benzene rings is 2. The van der Waals surface area contributed by atoms with Crippen molar-refractivity contribution in [3.63, 3.8) is 0 Å². The molecule has 0 amide bonds. The number of carbonyl (C=O) groups excluding carboxylic acids is 1. The van der Waals surface area contributed by atoms with E-state index in [0.717, 1.165) is 11.8 Å². The van der Waals surface area contributed by atoms with Crippen LogP contribution in [0.5, 0.6) is 11.5 Å². The summed E-state index contributed by atoms with van der Waals surface area (Å²) in [5, 5.41) is -0.301. The molecule has 4 heteroatoms. The highest BCUT2D eigenvalue weighted by Gasteiger charge is 2.12. The smallest absolute Gasteiger partial charge is 0.178 e. The Hall–Kier alpha value is -1.81. The molecule has 1 atom stereocenters. The lowest BCUT2D eigenvalue weighted by atomic mass is 10.2. The van der Waals surface area contributed by atoms with E-state index in [1.54, 1.807) is 25.3 Å². The molecule has 98 valence electrons. The van der Waals surface area contributed by atoms with Gasteiger partial charge in [-0.05, 0) is 34.1 Å². The van der Waals surface area contributed by atoms with Crippen LogP contribution in [0, 0.1) is 0 Å². The van der Waals surface area contributed by atoms with Crippen molar-refractivity contribution in [2.75, 3.05) is 7.11 Å². The minimum Gasteiger partial charge on any atom is -0.493 e. The molecule has 0 radical (unpaired) electrons. The maximum absolute atomic E-state index is 10.8. The first-order chi connectivity index (χ1) is 9.24. The molecule has 3 nitrogen and oxygen atoms in total. The van der Waals surface area contributed by atoms with Gasteiger partial charge in [-0.2, -0.15) is 0 Å². The molecule has 0 heterocycles. The summed E-state index contributed by atoms with van der Waals surface area (Å²) in [6.07, 6.45) is 0.776. The van der Waals surface area contributed by atoms with E-state index in [1.165, 1.54) is 0 Å². The zero-order valence-corrected chi connectivity index (χ0v) is 12.0. The topological polar surface area (TPSA) is 35.5 Å². The van der Waals surface area contributed by atoms with Gasteiger partial charge in [-0.15, -0.1) is 0 Å². The van der Waals surface area contributed by atoms with E-state index >= 15 is 0 Å². The highest BCUT2D eigenvalue weighted by atomic mass is 79.9. The Kier molecular flexibility index (Phi) is 4.58. The largest absolute Gasteiger partial charge is 0.493 e. The van der Waals surface area contributed by atoms with Crippen molar-refractivity contribution < 1.29 is 14.3 Å². The number of halogens is 1. The number of rotatable bonds is 5. The third kappa shape index (κ3) is 3.35. The van der Waals surface area contributed by atoms with Gasteiger partial charge in [0.05, 0.1) is 7.11 Å². The van der Waals surface area contributed by atoms with Crippen LogP contribution in [0.4, 0.5) is 0 Å². The van der Waals surface area contributed by atoms with Gasteiger partial charge in [0.2, 0.25) is 0 Å². The summed E-state index contributed by atoms with van der Waals surface area (Å²) in [6.45, 7) is 0. The summed E-state index contributed by atoms with van der Waals surface area (Å²) in [5.74, 6) is 1.11. The number of aldehydes is 1. The Morgan fingerprint density at radius 1 is 1.11 bits per heavy atom. The predicted octanol–water partition coefficient (Wildman–Crippen LogP) is 3.98. The summed E-state index contributed by atoms with van der Waals surface area (Å²) < 4.78 is 11.0. The van der Waals surface area contributed by atoms with Crippen LogP contribution in [0.15, 0.2) is 48.5 Å². The van der Waals surface area contributed by atoms with E-state index in [-0.39, 0.29) is 5.01 Å². The van der Waals surface area contributed by atoms with E-state index in [2.05, 4.69) is 15.9 Å². The van der Waals surface area contributed by atoms with Gasteiger partial charge in [0.1, 0.15) is 6.29 Å². The number of hydrogen-bond acceptors (Lipinski definition) is 3. The van der Waals surface area contributed by atoms with Crippen molar-refractivity contribution in [3.05, 3.63) is 59.7 Å². The monoisotopic (exact) mass is 320 g/mol. The molecule has 0 aliphatic rings. The van der Waals surface area contributed by atoms with E-state index in [1.807, 2.05) is 30.3 Å². The van der Waals surface area contributed by atoms with Crippen molar-refractivity contribution in [3.8, 4) is 11.5 Å². The average Bonchev–Trinajstić information content (AvgIpc) is 2.48. The normalized spacial score (nSPS) is 11.7. The van der Waals surface area contributed by atoms with Gasteiger partial charge in [-0.1, -0.05) is 30.3 Å². The van der Waals surface area contributed by atoms with Gasteiger partial charge in [0.25, 0.3) is 0 Å². The number of carbonyl (C=O) groups is 1. The molecule has 0 N–H and O–H groups in total. The molecule has 0 spiro atoms. The van der Waals surface area contributed by atoms with E-state index in [0.29, 0.717) is 17.1 Å². The quantitative estimate of drug-likeness (QED) is 0.617. The van der Waals surface area contributed by atoms with E-state index in [9.17, 15) is 4.79 Å². The first-order valence-corrected chi connectivity index (χ1v) is 6.65. The SMILES string of the molecule is COc1ccc(C=O)cc1OC(Br)c1ccccc1. The van der Waals surface area contributed by atoms with E-state index in [4.69, 9.17) is 9.47 Å². The number of ether oxygens (including phenoxy) is 2. The fraction of sp³-hybridized carbons (Fsp3) is 0.133. The summed E-state index contributed by atoms with van der Waals surface area (Å²) >= 11 is 3.47. The van der Waals surface area contributed by atoms with Gasteiger partial charge < -0.3 is 9.47 Å². The first kappa shape index (κ1) is 13.6. The fourth-order valence-electron chi connectivity index (χ4n) is 1.64. The lowest BCUT2D eigenvalue weighted by Gasteiger charge is -2.16. The maximum atomic E-state index is 10.8. The Balaban J connectivity index is 2.24. The second kappa shape index (κ2) is 6.38. The molecule has 2 aromatic carbocycles. The molecule has 1 unspecified atom stereocenters. The summed E-state index contributed by atoms with van der Waals surface area (Å²) in [7, 11) is 1.56. The van der Waals surface area contributed by atoms with Gasteiger partial charge in [-0.25, -0.2) is 0 Å². The molecule has 0 saturated heterocycles. The predicted molar refractivity (Wildman–Crippen MR) is 77.1 cm³/mol. The van der Waals surface area contributed by atoms with Crippen molar-refractivity contribution >= 4 is 22.2 Å². The molecule has 0 aliphatic heterocycles. The van der Waals surface area contributed by atoms with Crippen LogP contribution < -0.4 is 9.47 Å². The molecule has 2 aromatic rings. The average molecular weight is 321 g/mol. The van der Waals surface area contributed by atoms with Crippen LogP contribution in [-0.4, -0.2) is 13.4 Å². The highest BCUT2D eigenvalue weighted by molar-refractivity contribution is 9.09. The molecule has 19 heavy (non-hydrogen) atoms. The van der Waals surface area contributed by atoms with Gasteiger partial charge >= 0.3 is 0 Å². The Labute approximate surface area is 120 Å². The Bertz CT molecular complexity index is 555. The minimum absolute atomic E-state index is 0.301. The highest BCUT2D eigenvalue weighted by Crippen LogP contribution is 2.34.